The summed E-state index contributed by atoms with van der Waals surface area (Å²) in [5.74, 6) is 0. The van der Waals surface area contributed by atoms with Crippen molar-refractivity contribution in [1.29, 1.82) is 0 Å². The Bertz CT molecular complexity index is 434. The van der Waals surface area contributed by atoms with Crippen LogP contribution < -0.4 is 4.90 Å². The van der Waals surface area contributed by atoms with E-state index in [-0.39, 0.29) is 12.1 Å². The van der Waals surface area contributed by atoms with Crippen LogP contribution in [0.3, 0.4) is 0 Å². The summed E-state index contributed by atoms with van der Waals surface area (Å²) in [5.41, 5.74) is 2.25. The van der Waals surface area contributed by atoms with Gasteiger partial charge in [-0.1, -0.05) is 11.6 Å². The molecule has 0 aromatic heterocycles. The molecule has 0 bridgehead atoms. The zero-order chi connectivity index (χ0) is 14.0. The van der Waals surface area contributed by atoms with E-state index in [0.717, 1.165) is 37.4 Å². The molecule has 0 unspecified atom stereocenters. The maximum Gasteiger partial charge on any atom is 0.0702 e. The van der Waals surface area contributed by atoms with Crippen LogP contribution in [0.25, 0.3) is 0 Å². The minimum Gasteiger partial charge on any atom is -0.392 e. The number of hydrogen-bond acceptors (Lipinski definition) is 3. The summed E-state index contributed by atoms with van der Waals surface area (Å²) in [6, 6.07) is 5.76. The molecule has 0 spiro atoms. The van der Waals surface area contributed by atoms with Gasteiger partial charge in [0, 0.05) is 48.0 Å². The van der Waals surface area contributed by atoms with Crippen LogP contribution in [0, 0.1) is 0 Å². The molecule has 0 aliphatic carbocycles. The molecule has 1 N–H and O–H groups in total. The van der Waals surface area contributed by atoms with E-state index in [0.29, 0.717) is 5.02 Å². The van der Waals surface area contributed by atoms with Crippen LogP contribution in [0.2, 0.25) is 5.02 Å². The standard InChI is InChI=1S/C15H23ClN2O/c1-15(2,3)18-8-6-17(7-9-18)14-5-4-13(16)10-12(14)11-19/h4-5,10,19H,6-9,11H2,1-3H3. The number of halogens is 1. The Labute approximate surface area is 120 Å². The topological polar surface area (TPSA) is 26.7 Å². The Hall–Kier alpha value is -0.770. The van der Waals surface area contributed by atoms with Gasteiger partial charge in [-0.3, -0.25) is 4.90 Å². The minimum absolute atomic E-state index is 0.0371. The summed E-state index contributed by atoms with van der Waals surface area (Å²) >= 11 is 5.98. The molecule has 0 amide bonds. The number of piperazine rings is 1. The molecule has 0 saturated carbocycles. The number of nitrogens with zero attached hydrogens (tertiary/aromatic N) is 2. The Kier molecular flexibility index (Phi) is 4.39. The van der Waals surface area contributed by atoms with Gasteiger partial charge < -0.3 is 10.0 Å². The summed E-state index contributed by atoms with van der Waals surface area (Å²) in [6.07, 6.45) is 0. The van der Waals surface area contributed by atoms with Crippen LogP contribution in [-0.4, -0.2) is 41.7 Å². The van der Waals surface area contributed by atoms with Crippen LogP contribution >= 0.6 is 11.6 Å². The summed E-state index contributed by atoms with van der Waals surface area (Å²) in [5, 5.41) is 10.1. The first kappa shape index (κ1) is 14.6. The van der Waals surface area contributed by atoms with E-state index in [1.165, 1.54) is 0 Å². The van der Waals surface area contributed by atoms with Crippen molar-refractivity contribution in [2.45, 2.75) is 32.9 Å². The highest BCUT2D eigenvalue weighted by molar-refractivity contribution is 6.30. The molecule has 1 heterocycles. The SMILES string of the molecule is CC(C)(C)N1CCN(c2ccc(Cl)cc2CO)CC1. The van der Waals surface area contributed by atoms with Gasteiger partial charge >= 0.3 is 0 Å². The Balaban J connectivity index is 2.10. The van der Waals surface area contributed by atoms with Gasteiger partial charge in [0.25, 0.3) is 0 Å². The van der Waals surface area contributed by atoms with Crippen LogP contribution in [0.4, 0.5) is 5.69 Å². The van der Waals surface area contributed by atoms with Crippen molar-refractivity contribution in [3.8, 4) is 0 Å². The average molecular weight is 283 g/mol. The largest absolute Gasteiger partial charge is 0.392 e. The Morgan fingerprint density at radius 2 is 1.79 bits per heavy atom. The molecule has 1 aliphatic heterocycles. The van der Waals surface area contributed by atoms with Crippen molar-refractivity contribution in [1.82, 2.24) is 4.90 Å². The summed E-state index contributed by atoms with van der Waals surface area (Å²) in [4.78, 5) is 4.84. The first-order valence-electron chi connectivity index (χ1n) is 6.81. The fourth-order valence-electron chi connectivity index (χ4n) is 2.61. The second-order valence-electron chi connectivity index (χ2n) is 6.08. The lowest BCUT2D eigenvalue weighted by molar-refractivity contribution is 0.128. The third-order valence-corrected chi connectivity index (χ3v) is 4.02. The second kappa shape index (κ2) is 5.70. The predicted molar refractivity (Wildman–Crippen MR) is 80.9 cm³/mol. The van der Waals surface area contributed by atoms with Crippen molar-refractivity contribution in [3.63, 3.8) is 0 Å². The molecule has 4 heteroatoms. The number of rotatable bonds is 2. The molecule has 1 fully saturated rings. The maximum absolute atomic E-state index is 9.46. The lowest BCUT2D eigenvalue weighted by atomic mass is 10.0. The molecule has 1 saturated heterocycles. The monoisotopic (exact) mass is 282 g/mol. The van der Waals surface area contributed by atoms with E-state index in [9.17, 15) is 5.11 Å². The molecular formula is C15H23ClN2O. The quantitative estimate of drug-likeness (QED) is 0.904. The number of hydrogen-bond donors (Lipinski definition) is 1. The van der Waals surface area contributed by atoms with Gasteiger partial charge in [-0.25, -0.2) is 0 Å². The minimum atomic E-state index is 0.0371. The third kappa shape index (κ3) is 3.41. The summed E-state index contributed by atoms with van der Waals surface area (Å²) in [7, 11) is 0. The third-order valence-electron chi connectivity index (χ3n) is 3.78. The predicted octanol–water partition coefficient (Wildman–Crippen LogP) is 2.75. The Morgan fingerprint density at radius 1 is 1.16 bits per heavy atom. The van der Waals surface area contributed by atoms with Gasteiger partial charge in [0.2, 0.25) is 0 Å². The molecule has 1 aliphatic rings. The van der Waals surface area contributed by atoms with Gasteiger partial charge in [0.05, 0.1) is 6.61 Å². The molecule has 19 heavy (non-hydrogen) atoms. The van der Waals surface area contributed by atoms with E-state index in [1.54, 1.807) is 0 Å². The first-order chi connectivity index (χ1) is 8.91. The average Bonchev–Trinajstić information content (AvgIpc) is 2.37. The van der Waals surface area contributed by atoms with Gasteiger partial charge in [-0.05, 0) is 39.0 Å². The lowest BCUT2D eigenvalue weighted by Crippen LogP contribution is -2.53. The normalized spacial score (nSPS) is 17.8. The van der Waals surface area contributed by atoms with E-state index in [1.807, 2.05) is 18.2 Å². The number of aliphatic hydroxyl groups excluding tert-OH is 1. The second-order valence-corrected chi connectivity index (χ2v) is 6.51. The zero-order valence-electron chi connectivity index (χ0n) is 12.0. The van der Waals surface area contributed by atoms with E-state index < -0.39 is 0 Å². The summed E-state index contributed by atoms with van der Waals surface area (Å²) in [6.45, 7) is 10.9. The highest BCUT2D eigenvalue weighted by Crippen LogP contribution is 2.26. The van der Waals surface area contributed by atoms with Crippen LogP contribution in [0.1, 0.15) is 26.3 Å². The molecule has 1 aromatic carbocycles. The van der Waals surface area contributed by atoms with Gasteiger partial charge in [-0.15, -0.1) is 0 Å². The zero-order valence-corrected chi connectivity index (χ0v) is 12.7. The van der Waals surface area contributed by atoms with Crippen LogP contribution in [0.15, 0.2) is 18.2 Å². The van der Waals surface area contributed by atoms with Gasteiger partial charge in [0.1, 0.15) is 0 Å². The van der Waals surface area contributed by atoms with Crippen molar-refractivity contribution in [2.24, 2.45) is 0 Å². The van der Waals surface area contributed by atoms with Crippen molar-refractivity contribution in [2.75, 3.05) is 31.1 Å². The first-order valence-corrected chi connectivity index (χ1v) is 7.19. The number of anilines is 1. The van der Waals surface area contributed by atoms with Gasteiger partial charge in [-0.2, -0.15) is 0 Å². The molecule has 3 nitrogen and oxygen atoms in total. The van der Waals surface area contributed by atoms with E-state index in [4.69, 9.17) is 11.6 Å². The highest BCUT2D eigenvalue weighted by atomic mass is 35.5. The highest BCUT2D eigenvalue weighted by Gasteiger charge is 2.26. The fraction of sp³-hybridized carbons (Fsp3) is 0.600. The Morgan fingerprint density at radius 3 is 2.32 bits per heavy atom. The summed E-state index contributed by atoms with van der Waals surface area (Å²) < 4.78 is 0. The molecule has 106 valence electrons. The molecule has 0 atom stereocenters. The van der Waals surface area contributed by atoms with E-state index in [2.05, 4.69) is 30.6 Å². The maximum atomic E-state index is 9.46. The van der Waals surface area contributed by atoms with Gasteiger partial charge in [0.15, 0.2) is 0 Å². The molecule has 2 rings (SSSR count). The van der Waals surface area contributed by atoms with Crippen LogP contribution in [0.5, 0.6) is 0 Å². The van der Waals surface area contributed by atoms with Crippen molar-refractivity contribution >= 4 is 17.3 Å². The van der Waals surface area contributed by atoms with Crippen molar-refractivity contribution < 1.29 is 5.11 Å². The number of benzene rings is 1. The molecular weight excluding hydrogens is 260 g/mol. The van der Waals surface area contributed by atoms with Crippen molar-refractivity contribution in [3.05, 3.63) is 28.8 Å². The fourth-order valence-corrected chi connectivity index (χ4v) is 2.80. The molecule has 1 aromatic rings. The molecule has 0 radical (unpaired) electrons. The van der Waals surface area contributed by atoms with E-state index >= 15 is 0 Å². The smallest absolute Gasteiger partial charge is 0.0702 e. The van der Waals surface area contributed by atoms with Crippen LogP contribution in [-0.2, 0) is 6.61 Å². The number of aliphatic hydroxyl groups is 1. The lowest BCUT2D eigenvalue weighted by Gasteiger charge is -2.43.